The molecule has 4 N–H and O–H groups in total. The van der Waals surface area contributed by atoms with Crippen molar-refractivity contribution < 1.29 is 9.59 Å². The van der Waals surface area contributed by atoms with E-state index in [0.717, 1.165) is 0 Å². The number of rotatable bonds is 4. The Morgan fingerprint density at radius 1 is 1.22 bits per heavy atom. The van der Waals surface area contributed by atoms with Crippen LogP contribution in [0.2, 0.25) is 0 Å². The molecule has 0 radical (unpaired) electrons. The standard InChI is InChI=1S/C13H19N3O2/c1-8(2)15-13(18)10-5-4-6-11(7-10)16-12(17)9(3)14/h4-9H,14H2,1-3H3,(H,15,18)(H,16,17). The predicted octanol–water partition coefficient (Wildman–Crippen LogP) is 1.11. The topological polar surface area (TPSA) is 84.2 Å². The van der Waals surface area contributed by atoms with Crippen molar-refractivity contribution in [2.75, 3.05) is 5.32 Å². The Labute approximate surface area is 107 Å². The van der Waals surface area contributed by atoms with Gasteiger partial charge in [0.25, 0.3) is 5.91 Å². The van der Waals surface area contributed by atoms with Crippen LogP contribution in [0, 0.1) is 0 Å². The van der Waals surface area contributed by atoms with E-state index < -0.39 is 6.04 Å². The maximum atomic E-state index is 11.8. The molecule has 0 aliphatic carbocycles. The van der Waals surface area contributed by atoms with Gasteiger partial charge in [-0.05, 0) is 39.0 Å². The van der Waals surface area contributed by atoms with E-state index in [1.807, 2.05) is 13.8 Å². The number of anilines is 1. The quantitative estimate of drug-likeness (QED) is 0.747. The highest BCUT2D eigenvalue weighted by atomic mass is 16.2. The normalized spacial score (nSPS) is 12.1. The van der Waals surface area contributed by atoms with Crippen LogP contribution in [-0.4, -0.2) is 23.9 Å². The Kier molecular flexibility index (Phi) is 4.85. The lowest BCUT2D eigenvalue weighted by Gasteiger charge is -2.11. The molecule has 0 bridgehead atoms. The summed E-state index contributed by atoms with van der Waals surface area (Å²) in [5.74, 6) is -0.446. The third kappa shape index (κ3) is 4.18. The number of hydrogen-bond acceptors (Lipinski definition) is 3. The van der Waals surface area contributed by atoms with Crippen LogP contribution in [0.1, 0.15) is 31.1 Å². The van der Waals surface area contributed by atoms with Crippen LogP contribution < -0.4 is 16.4 Å². The average molecular weight is 249 g/mol. The highest BCUT2D eigenvalue weighted by molar-refractivity contribution is 5.98. The van der Waals surface area contributed by atoms with Gasteiger partial charge >= 0.3 is 0 Å². The van der Waals surface area contributed by atoms with E-state index in [9.17, 15) is 9.59 Å². The SMILES string of the molecule is CC(C)NC(=O)c1cccc(NC(=O)C(C)N)c1. The molecule has 1 rings (SSSR count). The molecule has 2 amide bonds. The lowest BCUT2D eigenvalue weighted by molar-refractivity contribution is -0.117. The summed E-state index contributed by atoms with van der Waals surface area (Å²) in [6.07, 6.45) is 0. The van der Waals surface area contributed by atoms with Gasteiger partial charge in [0.05, 0.1) is 6.04 Å². The molecule has 1 atom stereocenters. The lowest BCUT2D eigenvalue weighted by Crippen LogP contribution is -2.33. The van der Waals surface area contributed by atoms with Crippen LogP contribution in [0.5, 0.6) is 0 Å². The van der Waals surface area contributed by atoms with E-state index in [-0.39, 0.29) is 17.9 Å². The summed E-state index contributed by atoms with van der Waals surface area (Å²) in [5.41, 5.74) is 6.53. The summed E-state index contributed by atoms with van der Waals surface area (Å²) >= 11 is 0. The second-order valence-electron chi connectivity index (χ2n) is 4.49. The van der Waals surface area contributed by atoms with Crippen molar-refractivity contribution >= 4 is 17.5 Å². The van der Waals surface area contributed by atoms with Crippen LogP contribution in [0.25, 0.3) is 0 Å². The van der Waals surface area contributed by atoms with Gasteiger partial charge < -0.3 is 16.4 Å². The van der Waals surface area contributed by atoms with E-state index in [2.05, 4.69) is 10.6 Å². The molecule has 98 valence electrons. The Balaban J connectivity index is 2.79. The Morgan fingerprint density at radius 2 is 1.89 bits per heavy atom. The van der Waals surface area contributed by atoms with Crippen LogP contribution in [0.15, 0.2) is 24.3 Å². The molecule has 0 aliphatic rings. The highest BCUT2D eigenvalue weighted by Gasteiger charge is 2.10. The Morgan fingerprint density at radius 3 is 2.44 bits per heavy atom. The molecule has 0 spiro atoms. The van der Waals surface area contributed by atoms with Crippen LogP contribution >= 0.6 is 0 Å². The van der Waals surface area contributed by atoms with Gasteiger partial charge in [-0.15, -0.1) is 0 Å². The largest absolute Gasteiger partial charge is 0.350 e. The summed E-state index contributed by atoms with van der Waals surface area (Å²) in [6.45, 7) is 5.38. The summed E-state index contributed by atoms with van der Waals surface area (Å²) in [4.78, 5) is 23.2. The van der Waals surface area contributed by atoms with Crippen molar-refractivity contribution in [3.63, 3.8) is 0 Å². The monoisotopic (exact) mass is 249 g/mol. The first-order chi connectivity index (χ1) is 8.40. The van der Waals surface area contributed by atoms with Gasteiger partial charge in [0.1, 0.15) is 0 Å². The molecule has 5 nitrogen and oxygen atoms in total. The van der Waals surface area contributed by atoms with Crippen LogP contribution in [0.4, 0.5) is 5.69 Å². The van der Waals surface area contributed by atoms with Crippen molar-refractivity contribution in [1.82, 2.24) is 5.32 Å². The van der Waals surface area contributed by atoms with Crippen LogP contribution in [-0.2, 0) is 4.79 Å². The van der Waals surface area contributed by atoms with E-state index in [4.69, 9.17) is 5.73 Å². The average Bonchev–Trinajstić information content (AvgIpc) is 2.28. The second kappa shape index (κ2) is 6.16. The smallest absolute Gasteiger partial charge is 0.251 e. The van der Waals surface area contributed by atoms with Crippen molar-refractivity contribution in [3.8, 4) is 0 Å². The lowest BCUT2D eigenvalue weighted by atomic mass is 10.1. The number of hydrogen-bond donors (Lipinski definition) is 3. The molecule has 0 aromatic heterocycles. The minimum atomic E-state index is -0.585. The fraction of sp³-hybridized carbons (Fsp3) is 0.385. The summed E-state index contributed by atoms with van der Waals surface area (Å²) in [6, 6.07) is 6.23. The van der Waals surface area contributed by atoms with E-state index in [1.165, 1.54) is 0 Å². The van der Waals surface area contributed by atoms with Crippen LogP contribution in [0.3, 0.4) is 0 Å². The number of benzene rings is 1. The van der Waals surface area contributed by atoms with Crippen molar-refractivity contribution in [3.05, 3.63) is 29.8 Å². The summed E-state index contributed by atoms with van der Waals surface area (Å²) in [7, 11) is 0. The molecule has 1 aromatic carbocycles. The van der Waals surface area contributed by atoms with Gasteiger partial charge in [-0.2, -0.15) is 0 Å². The van der Waals surface area contributed by atoms with Gasteiger partial charge in [0, 0.05) is 17.3 Å². The van der Waals surface area contributed by atoms with Crippen molar-refractivity contribution in [2.24, 2.45) is 5.73 Å². The third-order valence-corrected chi connectivity index (χ3v) is 2.23. The number of nitrogens with one attached hydrogen (secondary N) is 2. The van der Waals surface area contributed by atoms with Crippen molar-refractivity contribution in [2.45, 2.75) is 32.9 Å². The van der Waals surface area contributed by atoms with Gasteiger partial charge in [-0.3, -0.25) is 9.59 Å². The highest BCUT2D eigenvalue weighted by Crippen LogP contribution is 2.11. The minimum absolute atomic E-state index is 0.0693. The van der Waals surface area contributed by atoms with Gasteiger partial charge in [-0.25, -0.2) is 0 Å². The molecule has 18 heavy (non-hydrogen) atoms. The zero-order chi connectivity index (χ0) is 13.7. The molecule has 5 heteroatoms. The molecule has 0 saturated heterocycles. The number of nitrogens with two attached hydrogens (primary N) is 1. The second-order valence-corrected chi connectivity index (χ2v) is 4.49. The Hall–Kier alpha value is -1.88. The van der Waals surface area contributed by atoms with Gasteiger partial charge in [0.15, 0.2) is 0 Å². The predicted molar refractivity (Wildman–Crippen MR) is 71.3 cm³/mol. The molecular formula is C13H19N3O2. The third-order valence-electron chi connectivity index (χ3n) is 2.23. The van der Waals surface area contributed by atoms with E-state index >= 15 is 0 Å². The number of carbonyl (C=O) groups is 2. The maximum absolute atomic E-state index is 11.8. The molecule has 0 saturated carbocycles. The van der Waals surface area contributed by atoms with E-state index in [0.29, 0.717) is 11.3 Å². The molecule has 1 unspecified atom stereocenters. The first-order valence-corrected chi connectivity index (χ1v) is 5.87. The minimum Gasteiger partial charge on any atom is -0.350 e. The van der Waals surface area contributed by atoms with Crippen molar-refractivity contribution in [1.29, 1.82) is 0 Å². The molecule has 0 aliphatic heterocycles. The molecule has 0 heterocycles. The fourth-order valence-corrected chi connectivity index (χ4v) is 1.34. The number of carbonyl (C=O) groups excluding carboxylic acids is 2. The van der Waals surface area contributed by atoms with Gasteiger partial charge in [0.2, 0.25) is 5.91 Å². The fourth-order valence-electron chi connectivity index (χ4n) is 1.34. The molecule has 1 aromatic rings. The Bertz CT molecular complexity index is 442. The van der Waals surface area contributed by atoms with Gasteiger partial charge in [-0.1, -0.05) is 6.07 Å². The first kappa shape index (κ1) is 14.2. The molecule has 0 fully saturated rings. The zero-order valence-corrected chi connectivity index (χ0v) is 10.9. The zero-order valence-electron chi connectivity index (χ0n) is 10.9. The summed E-state index contributed by atoms with van der Waals surface area (Å²) < 4.78 is 0. The summed E-state index contributed by atoms with van der Waals surface area (Å²) in [5, 5.41) is 5.43. The number of amides is 2. The maximum Gasteiger partial charge on any atom is 0.251 e. The molecular weight excluding hydrogens is 230 g/mol. The first-order valence-electron chi connectivity index (χ1n) is 5.87. The van der Waals surface area contributed by atoms with E-state index in [1.54, 1.807) is 31.2 Å².